The van der Waals surface area contributed by atoms with Crippen LogP contribution in [0.5, 0.6) is 0 Å². The number of hydrogen-bond donors (Lipinski definition) is 2. The van der Waals surface area contributed by atoms with Gasteiger partial charge in [-0.2, -0.15) is 0 Å². The van der Waals surface area contributed by atoms with Crippen molar-refractivity contribution in [2.75, 3.05) is 18.4 Å². The summed E-state index contributed by atoms with van der Waals surface area (Å²) < 4.78 is 42.9. The van der Waals surface area contributed by atoms with Crippen molar-refractivity contribution >= 4 is 28.5 Å². The maximum Gasteiger partial charge on any atom is 0.337 e. The number of nitrogens with one attached hydrogen (secondary N) is 1. The predicted octanol–water partition coefficient (Wildman–Crippen LogP) is 5.01. The van der Waals surface area contributed by atoms with E-state index in [-0.39, 0.29) is 22.5 Å². The monoisotopic (exact) mass is 550 g/mol. The van der Waals surface area contributed by atoms with Gasteiger partial charge in [0.05, 0.1) is 41.2 Å². The number of halogens is 3. The summed E-state index contributed by atoms with van der Waals surface area (Å²) in [6, 6.07) is 13.0. The number of amides is 1. The Hall–Kier alpha value is -4.67. The van der Waals surface area contributed by atoms with E-state index in [0.717, 1.165) is 16.5 Å². The van der Waals surface area contributed by atoms with Crippen molar-refractivity contribution in [3.05, 3.63) is 93.0 Å². The molecular formula is C29H25F3N4O4. The molecule has 206 valence electrons. The first kappa shape index (κ1) is 26.9. The molecule has 3 aromatic carbocycles. The van der Waals surface area contributed by atoms with Gasteiger partial charge in [-0.25, -0.2) is 22.9 Å². The number of carbonyl (C=O) groups excluding carboxylic acids is 1. The smallest absolute Gasteiger partial charge is 0.337 e. The zero-order valence-corrected chi connectivity index (χ0v) is 21.8. The van der Waals surface area contributed by atoms with E-state index in [1.54, 1.807) is 31.2 Å². The molecule has 2 heterocycles. The number of aromatic nitrogens is 2. The van der Waals surface area contributed by atoms with E-state index in [9.17, 15) is 28.3 Å². The van der Waals surface area contributed by atoms with Gasteiger partial charge in [-0.15, -0.1) is 0 Å². The number of anilines is 1. The number of para-hydroxylation sites is 1. The minimum Gasteiger partial charge on any atom is -0.478 e. The number of likely N-dealkylation sites (tertiary alicyclic amines) is 1. The van der Waals surface area contributed by atoms with E-state index in [4.69, 9.17) is 0 Å². The van der Waals surface area contributed by atoms with Gasteiger partial charge in [-0.1, -0.05) is 18.2 Å². The van der Waals surface area contributed by atoms with Crippen molar-refractivity contribution in [2.45, 2.75) is 25.8 Å². The van der Waals surface area contributed by atoms with Gasteiger partial charge in [-0.3, -0.25) is 14.2 Å². The molecule has 1 aliphatic heterocycles. The van der Waals surface area contributed by atoms with Crippen LogP contribution in [-0.2, 0) is 7.05 Å². The topological polar surface area (TPSA) is 105 Å². The summed E-state index contributed by atoms with van der Waals surface area (Å²) in [5.41, 5.74) is 1.58. The fourth-order valence-electron chi connectivity index (χ4n) is 4.90. The second-order valence-electron chi connectivity index (χ2n) is 9.98. The molecule has 1 aromatic heterocycles. The van der Waals surface area contributed by atoms with E-state index in [2.05, 4.69) is 10.3 Å². The first-order valence-corrected chi connectivity index (χ1v) is 12.4. The van der Waals surface area contributed by atoms with Gasteiger partial charge in [0.15, 0.2) is 0 Å². The second kappa shape index (κ2) is 9.82. The molecule has 1 saturated heterocycles. The molecular weight excluding hydrogens is 525 g/mol. The van der Waals surface area contributed by atoms with Crippen molar-refractivity contribution in [1.82, 2.24) is 14.5 Å². The number of carboxylic acid groups (broad SMARTS) is 1. The summed E-state index contributed by atoms with van der Waals surface area (Å²) in [5, 5.41) is 13.0. The van der Waals surface area contributed by atoms with Gasteiger partial charge in [0.2, 0.25) is 0 Å². The molecule has 1 amide bonds. The third-order valence-corrected chi connectivity index (χ3v) is 6.94. The molecule has 1 fully saturated rings. The SMILES string of the molecule is Cc1cc([C@@H](C)Nc2ccccc2C(=O)O)c2nc(-c3ccc(C(=O)N4CC(F)(F)C4)cc3F)n(C)c(=O)c2c1. The van der Waals surface area contributed by atoms with Crippen molar-refractivity contribution in [1.29, 1.82) is 0 Å². The minimum absolute atomic E-state index is 0.00715. The molecule has 1 aliphatic rings. The summed E-state index contributed by atoms with van der Waals surface area (Å²) in [6.07, 6.45) is 0. The summed E-state index contributed by atoms with van der Waals surface area (Å²) in [4.78, 5) is 43.2. The van der Waals surface area contributed by atoms with Gasteiger partial charge < -0.3 is 15.3 Å². The first-order chi connectivity index (χ1) is 18.9. The highest BCUT2D eigenvalue weighted by molar-refractivity contribution is 5.96. The predicted molar refractivity (Wildman–Crippen MR) is 143 cm³/mol. The lowest BCUT2D eigenvalue weighted by atomic mass is 10.00. The average Bonchev–Trinajstić information content (AvgIpc) is 2.89. The Labute approximate surface area is 226 Å². The van der Waals surface area contributed by atoms with Crippen LogP contribution in [0.3, 0.4) is 0 Å². The fourth-order valence-corrected chi connectivity index (χ4v) is 4.90. The number of carboxylic acids is 1. The molecule has 1 atom stereocenters. The molecule has 0 radical (unpaired) electrons. The lowest BCUT2D eigenvalue weighted by Crippen LogP contribution is -2.58. The molecule has 4 aromatic rings. The Morgan fingerprint density at radius 3 is 2.45 bits per heavy atom. The van der Waals surface area contributed by atoms with E-state index >= 15 is 4.39 Å². The number of carbonyl (C=O) groups is 2. The number of hydrogen-bond acceptors (Lipinski definition) is 5. The highest BCUT2D eigenvalue weighted by Gasteiger charge is 2.46. The van der Waals surface area contributed by atoms with Gasteiger partial charge in [0.25, 0.3) is 17.4 Å². The summed E-state index contributed by atoms with van der Waals surface area (Å²) in [7, 11) is 1.46. The van der Waals surface area contributed by atoms with Crippen LogP contribution in [0.1, 0.15) is 44.8 Å². The summed E-state index contributed by atoms with van der Waals surface area (Å²) >= 11 is 0. The van der Waals surface area contributed by atoms with E-state index in [1.165, 1.54) is 29.8 Å². The zero-order chi connectivity index (χ0) is 28.9. The maximum atomic E-state index is 15.3. The van der Waals surface area contributed by atoms with Crippen LogP contribution in [0.25, 0.3) is 22.3 Å². The minimum atomic E-state index is -2.95. The number of aromatic carboxylic acids is 1. The lowest BCUT2D eigenvalue weighted by Gasteiger charge is -2.38. The van der Waals surface area contributed by atoms with Crippen molar-refractivity contribution in [2.24, 2.45) is 7.05 Å². The Kier molecular flexibility index (Phi) is 6.61. The van der Waals surface area contributed by atoms with Crippen molar-refractivity contribution in [3.8, 4) is 11.4 Å². The normalized spacial score (nSPS) is 15.0. The van der Waals surface area contributed by atoms with Crippen LogP contribution < -0.4 is 10.9 Å². The van der Waals surface area contributed by atoms with E-state index in [0.29, 0.717) is 22.2 Å². The van der Waals surface area contributed by atoms with Crippen molar-refractivity contribution in [3.63, 3.8) is 0 Å². The molecule has 0 aliphatic carbocycles. The van der Waals surface area contributed by atoms with Gasteiger partial charge >= 0.3 is 5.97 Å². The number of aryl methyl sites for hydroxylation is 1. The third kappa shape index (κ3) is 4.78. The lowest BCUT2D eigenvalue weighted by molar-refractivity contribution is -0.113. The molecule has 0 bridgehead atoms. The summed E-state index contributed by atoms with van der Waals surface area (Å²) in [6.45, 7) is 2.17. The Bertz CT molecular complexity index is 1740. The molecule has 11 heteroatoms. The fraction of sp³-hybridized carbons (Fsp3) is 0.241. The molecule has 0 saturated carbocycles. The quantitative estimate of drug-likeness (QED) is 0.350. The summed E-state index contributed by atoms with van der Waals surface area (Å²) in [5.74, 6) is -5.59. The third-order valence-electron chi connectivity index (χ3n) is 6.94. The zero-order valence-electron chi connectivity index (χ0n) is 21.8. The van der Waals surface area contributed by atoms with Crippen LogP contribution in [0.4, 0.5) is 18.9 Å². The molecule has 0 unspecified atom stereocenters. The van der Waals surface area contributed by atoms with Crippen LogP contribution in [0.2, 0.25) is 0 Å². The number of nitrogens with zero attached hydrogens (tertiary/aromatic N) is 3. The Morgan fingerprint density at radius 2 is 1.80 bits per heavy atom. The van der Waals surface area contributed by atoms with Gasteiger partial charge in [-0.05, 0) is 55.8 Å². The highest BCUT2D eigenvalue weighted by atomic mass is 19.3. The highest BCUT2D eigenvalue weighted by Crippen LogP contribution is 2.31. The van der Waals surface area contributed by atoms with Crippen LogP contribution in [0, 0.1) is 12.7 Å². The Morgan fingerprint density at radius 1 is 1.10 bits per heavy atom. The molecule has 0 spiro atoms. The first-order valence-electron chi connectivity index (χ1n) is 12.4. The standard InChI is InChI=1S/C29H25F3N4O4/c1-15-10-20(16(2)33-23-7-5-4-6-19(23)28(39)40)24-21(11-15)27(38)35(3)25(34-24)18-9-8-17(12-22(18)30)26(37)36-13-29(31,32)14-36/h4-12,16,33H,13-14H2,1-3H3,(H,39,40)/t16-/m1/s1. The molecule has 8 nitrogen and oxygen atoms in total. The van der Waals surface area contributed by atoms with Crippen LogP contribution >= 0.6 is 0 Å². The van der Waals surface area contributed by atoms with E-state index < -0.39 is 48.3 Å². The number of alkyl halides is 2. The average molecular weight is 551 g/mol. The Balaban J connectivity index is 1.57. The molecule has 5 rings (SSSR count). The second-order valence-corrected chi connectivity index (χ2v) is 9.98. The number of rotatable bonds is 6. The van der Waals surface area contributed by atoms with E-state index in [1.807, 2.05) is 13.0 Å². The van der Waals surface area contributed by atoms with Crippen molar-refractivity contribution < 1.29 is 27.9 Å². The van der Waals surface area contributed by atoms with Crippen LogP contribution in [-0.4, -0.2) is 50.4 Å². The molecule has 2 N–H and O–H groups in total. The van der Waals surface area contributed by atoms with Crippen LogP contribution in [0.15, 0.2) is 59.4 Å². The number of fused-ring (bicyclic) bond motifs is 1. The van der Waals surface area contributed by atoms with Gasteiger partial charge in [0, 0.05) is 23.9 Å². The molecule has 40 heavy (non-hydrogen) atoms. The largest absolute Gasteiger partial charge is 0.478 e. The maximum absolute atomic E-state index is 15.3. The number of benzene rings is 3. The van der Waals surface area contributed by atoms with Gasteiger partial charge in [0.1, 0.15) is 11.6 Å².